The summed E-state index contributed by atoms with van der Waals surface area (Å²) in [5.41, 5.74) is 8.17. The van der Waals surface area contributed by atoms with Crippen LogP contribution in [0.3, 0.4) is 0 Å². The Morgan fingerprint density at radius 2 is 2.38 bits per heavy atom. The van der Waals surface area contributed by atoms with Crippen molar-refractivity contribution in [3.63, 3.8) is 0 Å². The van der Waals surface area contributed by atoms with E-state index in [0.29, 0.717) is 31.7 Å². The van der Waals surface area contributed by atoms with Crippen LogP contribution in [0.1, 0.15) is 31.2 Å². The summed E-state index contributed by atoms with van der Waals surface area (Å²) >= 11 is 0. The molecule has 3 N–H and O–H groups in total. The summed E-state index contributed by atoms with van der Waals surface area (Å²) in [6, 6.07) is 5.46. The monoisotopic (exact) mass is 292 g/mol. The highest BCUT2D eigenvalue weighted by molar-refractivity contribution is 5.91. The minimum Gasteiger partial charge on any atom is -0.399 e. The highest BCUT2D eigenvalue weighted by Gasteiger charge is 2.15. The molecule has 1 aliphatic rings. The van der Waals surface area contributed by atoms with Gasteiger partial charge in [-0.2, -0.15) is 0 Å². The second-order valence-electron chi connectivity index (χ2n) is 5.44. The van der Waals surface area contributed by atoms with Crippen molar-refractivity contribution in [2.24, 2.45) is 0 Å². The van der Waals surface area contributed by atoms with Gasteiger partial charge < -0.3 is 20.5 Å². The van der Waals surface area contributed by atoms with E-state index in [1.807, 2.05) is 19.1 Å². The summed E-state index contributed by atoms with van der Waals surface area (Å²) in [6.45, 7) is 4.00. The molecule has 1 atom stereocenters. The van der Waals surface area contributed by atoms with Gasteiger partial charge in [0.05, 0.1) is 12.7 Å². The van der Waals surface area contributed by atoms with Gasteiger partial charge in [-0.1, -0.05) is 0 Å². The van der Waals surface area contributed by atoms with Crippen LogP contribution in [0.4, 0.5) is 11.4 Å². The van der Waals surface area contributed by atoms with Crippen LogP contribution in [-0.2, 0) is 14.3 Å². The lowest BCUT2D eigenvalue weighted by Crippen LogP contribution is -2.16. The van der Waals surface area contributed by atoms with Crippen molar-refractivity contribution in [2.75, 3.05) is 30.9 Å². The van der Waals surface area contributed by atoms with Gasteiger partial charge in [0, 0.05) is 31.0 Å². The Morgan fingerprint density at radius 3 is 3.10 bits per heavy atom. The Morgan fingerprint density at radius 1 is 1.52 bits per heavy atom. The van der Waals surface area contributed by atoms with E-state index < -0.39 is 0 Å². The molecule has 1 unspecified atom stereocenters. The minimum atomic E-state index is 0.00332. The molecule has 21 heavy (non-hydrogen) atoms. The molecular weight excluding hydrogens is 268 g/mol. The number of nitrogen functional groups attached to an aromatic ring is 1. The molecule has 0 radical (unpaired) electrons. The second kappa shape index (κ2) is 8.00. The number of carbonyl (C=O) groups is 1. The average molecular weight is 292 g/mol. The number of carbonyl (C=O) groups excluding carboxylic acids is 1. The molecule has 0 aromatic heterocycles. The van der Waals surface area contributed by atoms with Crippen molar-refractivity contribution in [1.82, 2.24) is 0 Å². The van der Waals surface area contributed by atoms with Gasteiger partial charge in [0.1, 0.15) is 0 Å². The highest BCUT2D eigenvalue weighted by Crippen LogP contribution is 2.18. The maximum atomic E-state index is 11.8. The standard InChI is InChI=1S/C16H24N2O3/c1-12-10-13(17)6-7-15(12)18-16(19)5-3-8-20-11-14-4-2-9-21-14/h6-7,10,14H,2-5,8-9,11,17H2,1H3,(H,18,19). The van der Waals surface area contributed by atoms with Gasteiger partial charge >= 0.3 is 0 Å². The average Bonchev–Trinajstić information content (AvgIpc) is 2.95. The highest BCUT2D eigenvalue weighted by atomic mass is 16.5. The lowest BCUT2D eigenvalue weighted by Gasteiger charge is -2.11. The summed E-state index contributed by atoms with van der Waals surface area (Å²) in [5, 5.41) is 2.89. The van der Waals surface area contributed by atoms with Gasteiger partial charge in [-0.15, -0.1) is 0 Å². The van der Waals surface area contributed by atoms with E-state index in [1.54, 1.807) is 6.07 Å². The van der Waals surface area contributed by atoms with E-state index in [4.69, 9.17) is 15.2 Å². The smallest absolute Gasteiger partial charge is 0.224 e. The van der Waals surface area contributed by atoms with Crippen LogP contribution in [0.25, 0.3) is 0 Å². The molecule has 5 heteroatoms. The van der Waals surface area contributed by atoms with Crippen molar-refractivity contribution < 1.29 is 14.3 Å². The number of hydrogen-bond acceptors (Lipinski definition) is 4. The van der Waals surface area contributed by atoms with Crippen molar-refractivity contribution in [2.45, 2.75) is 38.7 Å². The Balaban J connectivity index is 1.60. The number of anilines is 2. The number of ether oxygens (including phenoxy) is 2. The van der Waals surface area contributed by atoms with E-state index in [1.165, 1.54) is 0 Å². The Kier molecular flexibility index (Phi) is 6.02. The topological polar surface area (TPSA) is 73.6 Å². The maximum absolute atomic E-state index is 11.8. The van der Waals surface area contributed by atoms with E-state index in [0.717, 1.165) is 30.7 Å². The molecule has 1 saturated heterocycles. The number of amides is 1. The number of rotatable bonds is 7. The molecule has 2 rings (SSSR count). The number of nitrogens with two attached hydrogens (primary N) is 1. The zero-order valence-electron chi connectivity index (χ0n) is 12.6. The number of aryl methyl sites for hydroxylation is 1. The SMILES string of the molecule is Cc1cc(N)ccc1NC(=O)CCCOCC1CCCO1. The zero-order valence-corrected chi connectivity index (χ0v) is 12.6. The minimum absolute atomic E-state index is 0.00332. The first-order valence-electron chi connectivity index (χ1n) is 7.50. The molecule has 0 saturated carbocycles. The summed E-state index contributed by atoms with van der Waals surface area (Å²) in [7, 11) is 0. The van der Waals surface area contributed by atoms with E-state index >= 15 is 0 Å². The van der Waals surface area contributed by atoms with Gasteiger partial charge in [0.15, 0.2) is 0 Å². The molecule has 1 aromatic rings. The van der Waals surface area contributed by atoms with Gasteiger partial charge in [-0.3, -0.25) is 4.79 Å². The van der Waals surface area contributed by atoms with Crippen LogP contribution in [0.2, 0.25) is 0 Å². The van der Waals surface area contributed by atoms with Gasteiger partial charge in [0.2, 0.25) is 5.91 Å². The summed E-state index contributed by atoms with van der Waals surface area (Å²) < 4.78 is 11.0. The number of nitrogens with one attached hydrogen (secondary N) is 1. The molecule has 1 fully saturated rings. The molecule has 1 amide bonds. The summed E-state index contributed by atoms with van der Waals surface area (Å²) in [4.78, 5) is 11.8. The third-order valence-electron chi connectivity index (χ3n) is 3.54. The largest absolute Gasteiger partial charge is 0.399 e. The van der Waals surface area contributed by atoms with Crippen molar-refractivity contribution in [3.05, 3.63) is 23.8 Å². The van der Waals surface area contributed by atoms with Crippen molar-refractivity contribution >= 4 is 17.3 Å². The zero-order chi connectivity index (χ0) is 15.1. The molecule has 0 aliphatic carbocycles. The first kappa shape index (κ1) is 15.8. The lowest BCUT2D eigenvalue weighted by molar-refractivity contribution is -0.116. The lowest BCUT2D eigenvalue weighted by atomic mass is 10.1. The van der Waals surface area contributed by atoms with Crippen LogP contribution in [-0.4, -0.2) is 31.8 Å². The molecule has 1 aromatic carbocycles. The first-order valence-corrected chi connectivity index (χ1v) is 7.50. The van der Waals surface area contributed by atoms with Gasteiger partial charge in [-0.25, -0.2) is 0 Å². The first-order chi connectivity index (χ1) is 10.1. The Hall–Kier alpha value is -1.59. The third kappa shape index (κ3) is 5.36. The molecule has 1 heterocycles. The normalized spacial score (nSPS) is 17.9. The van der Waals surface area contributed by atoms with Gasteiger partial charge in [0.25, 0.3) is 0 Å². The molecule has 0 spiro atoms. The molecule has 0 bridgehead atoms. The summed E-state index contributed by atoms with van der Waals surface area (Å²) in [5.74, 6) is 0.00332. The van der Waals surface area contributed by atoms with Crippen LogP contribution < -0.4 is 11.1 Å². The van der Waals surface area contributed by atoms with E-state index in [2.05, 4.69) is 5.32 Å². The molecule has 116 valence electrons. The van der Waals surface area contributed by atoms with Gasteiger partial charge in [-0.05, 0) is 49.9 Å². The molecular formula is C16H24N2O3. The van der Waals surface area contributed by atoms with Crippen LogP contribution in [0.5, 0.6) is 0 Å². The predicted molar refractivity (Wildman–Crippen MR) is 83.2 cm³/mol. The van der Waals surface area contributed by atoms with Crippen molar-refractivity contribution in [1.29, 1.82) is 0 Å². The fraction of sp³-hybridized carbons (Fsp3) is 0.562. The number of benzene rings is 1. The second-order valence-corrected chi connectivity index (χ2v) is 5.44. The fourth-order valence-electron chi connectivity index (χ4n) is 2.37. The maximum Gasteiger partial charge on any atom is 0.224 e. The fourth-order valence-corrected chi connectivity index (χ4v) is 2.37. The Labute approximate surface area is 125 Å². The summed E-state index contributed by atoms with van der Waals surface area (Å²) in [6.07, 6.45) is 3.62. The van der Waals surface area contributed by atoms with E-state index in [9.17, 15) is 4.79 Å². The quantitative estimate of drug-likeness (QED) is 0.598. The van der Waals surface area contributed by atoms with Crippen LogP contribution in [0, 0.1) is 6.92 Å². The predicted octanol–water partition coefficient (Wildman–Crippen LogP) is 2.49. The Bertz CT molecular complexity index is 471. The molecule has 1 aliphatic heterocycles. The van der Waals surface area contributed by atoms with Crippen LogP contribution in [0.15, 0.2) is 18.2 Å². The number of hydrogen-bond donors (Lipinski definition) is 2. The van der Waals surface area contributed by atoms with E-state index in [-0.39, 0.29) is 12.0 Å². The third-order valence-corrected chi connectivity index (χ3v) is 3.54. The van der Waals surface area contributed by atoms with Crippen LogP contribution >= 0.6 is 0 Å². The molecule has 5 nitrogen and oxygen atoms in total. The van der Waals surface area contributed by atoms with Crippen molar-refractivity contribution in [3.8, 4) is 0 Å².